The van der Waals surface area contributed by atoms with Gasteiger partial charge >= 0.3 is 0 Å². The van der Waals surface area contributed by atoms with Gasteiger partial charge in [-0.2, -0.15) is 4.80 Å². The summed E-state index contributed by atoms with van der Waals surface area (Å²) < 4.78 is 16.7. The molecule has 5 rings (SSSR count). The number of carbonyl (C=O) groups is 2. The van der Waals surface area contributed by atoms with Gasteiger partial charge in [-0.05, 0) is 99.7 Å². The summed E-state index contributed by atoms with van der Waals surface area (Å²) in [4.78, 5) is 30.9. The van der Waals surface area contributed by atoms with E-state index in [0.29, 0.717) is 46.0 Å². The second-order valence-corrected chi connectivity index (χ2v) is 12.5. The van der Waals surface area contributed by atoms with Crippen molar-refractivity contribution in [1.29, 1.82) is 0 Å². The van der Waals surface area contributed by atoms with E-state index in [9.17, 15) is 9.59 Å². The number of anilines is 1. The number of nitrogens with one attached hydrogen (secondary N) is 1. The normalized spacial score (nSPS) is 14.5. The van der Waals surface area contributed by atoms with Crippen molar-refractivity contribution >= 4 is 17.5 Å². The molecule has 1 atom stereocenters. The van der Waals surface area contributed by atoms with Crippen LogP contribution in [0.1, 0.15) is 81.9 Å². The second kappa shape index (κ2) is 13.5. The van der Waals surface area contributed by atoms with Crippen LogP contribution in [0.3, 0.4) is 0 Å². The molecule has 2 heterocycles. The van der Waals surface area contributed by atoms with Crippen molar-refractivity contribution in [1.82, 2.24) is 25.5 Å². The molecule has 238 valence electrons. The van der Waals surface area contributed by atoms with Gasteiger partial charge in [-0.25, -0.2) is 0 Å². The Labute approximate surface area is 263 Å². The molecule has 1 N–H and O–H groups in total. The van der Waals surface area contributed by atoms with E-state index in [1.807, 2.05) is 39.8 Å². The zero-order valence-corrected chi connectivity index (χ0v) is 26.9. The molecular formula is C34H42N6O5. The van der Waals surface area contributed by atoms with Gasteiger partial charge in [0, 0.05) is 16.8 Å². The predicted molar refractivity (Wildman–Crippen MR) is 170 cm³/mol. The summed E-state index contributed by atoms with van der Waals surface area (Å²) in [7, 11) is 3.11. The first kappa shape index (κ1) is 31.7. The number of ether oxygens (including phenoxy) is 2. The summed E-state index contributed by atoms with van der Waals surface area (Å²) in [6.45, 7) is 7.24. The quantitative estimate of drug-likeness (QED) is 0.231. The lowest BCUT2D eigenvalue weighted by Crippen LogP contribution is -2.50. The summed E-state index contributed by atoms with van der Waals surface area (Å²) in [6, 6.07) is 15.7. The maximum absolute atomic E-state index is 14.3. The molecule has 1 aliphatic carbocycles. The number of methoxy groups -OCH3 is 2. The zero-order chi connectivity index (χ0) is 32.1. The van der Waals surface area contributed by atoms with Crippen LogP contribution in [0.5, 0.6) is 11.5 Å². The minimum atomic E-state index is -1.07. The van der Waals surface area contributed by atoms with E-state index in [4.69, 9.17) is 13.9 Å². The van der Waals surface area contributed by atoms with Gasteiger partial charge in [-0.1, -0.05) is 31.4 Å². The van der Waals surface area contributed by atoms with Crippen LogP contribution < -0.4 is 19.7 Å². The van der Waals surface area contributed by atoms with Crippen LogP contribution in [-0.4, -0.2) is 51.8 Å². The number of amides is 2. The van der Waals surface area contributed by atoms with Crippen LogP contribution in [0.2, 0.25) is 0 Å². The molecule has 11 nitrogen and oxygen atoms in total. The molecule has 0 radical (unpaired) electrons. The average Bonchev–Trinajstić information content (AvgIpc) is 3.67. The van der Waals surface area contributed by atoms with Crippen LogP contribution in [-0.2, 0) is 16.1 Å². The third-order valence-corrected chi connectivity index (χ3v) is 7.92. The highest BCUT2D eigenvalue weighted by Gasteiger charge is 2.37. The number of hydrogen-bond donors (Lipinski definition) is 1. The van der Waals surface area contributed by atoms with Gasteiger partial charge in [0.15, 0.2) is 17.5 Å². The Bertz CT molecular complexity index is 1610. The number of benzene rings is 2. The van der Waals surface area contributed by atoms with Crippen LogP contribution in [0.15, 0.2) is 59.0 Å². The molecule has 1 aliphatic rings. The monoisotopic (exact) mass is 614 g/mol. The fourth-order valence-electron chi connectivity index (χ4n) is 5.79. The van der Waals surface area contributed by atoms with Crippen molar-refractivity contribution < 1.29 is 23.5 Å². The summed E-state index contributed by atoms with van der Waals surface area (Å²) in [5, 5.41) is 15.8. The van der Waals surface area contributed by atoms with E-state index in [-0.39, 0.29) is 12.5 Å². The standard InChI is InChI=1S/C34H42N6O5/c1-22-12-18-28(45-22)31(33(42)35-34(2,3)4)40(26-16-13-24(14-17-26)23-10-8-7-9-11-23)30(41)21-39-37-32(36-38-39)25-15-19-27(43-5)29(20-25)44-6/h12-20,23,31H,7-11,21H2,1-6H3,(H,35,42). The van der Waals surface area contributed by atoms with Gasteiger partial charge in [-0.3, -0.25) is 14.5 Å². The molecule has 11 heteroatoms. The molecule has 2 aromatic carbocycles. The van der Waals surface area contributed by atoms with Gasteiger partial charge < -0.3 is 19.2 Å². The maximum Gasteiger partial charge on any atom is 0.251 e. The van der Waals surface area contributed by atoms with Crippen molar-refractivity contribution in [3.05, 3.63) is 71.7 Å². The number of aromatic nitrogens is 4. The van der Waals surface area contributed by atoms with Crippen molar-refractivity contribution in [2.75, 3.05) is 19.1 Å². The Morgan fingerprint density at radius 2 is 1.71 bits per heavy atom. The van der Waals surface area contributed by atoms with E-state index in [0.717, 1.165) is 12.8 Å². The Hall–Kier alpha value is -4.67. The largest absolute Gasteiger partial charge is 0.493 e. The zero-order valence-electron chi connectivity index (χ0n) is 26.9. The first-order valence-corrected chi connectivity index (χ1v) is 15.4. The number of rotatable bonds is 10. The molecule has 2 aromatic heterocycles. The fraction of sp³-hybridized carbons (Fsp3) is 0.441. The molecule has 0 bridgehead atoms. The molecule has 0 aliphatic heterocycles. The smallest absolute Gasteiger partial charge is 0.251 e. The van der Waals surface area contributed by atoms with Gasteiger partial charge in [0.1, 0.15) is 18.1 Å². The molecule has 1 fully saturated rings. The topological polar surface area (TPSA) is 125 Å². The summed E-state index contributed by atoms with van der Waals surface area (Å²) >= 11 is 0. The van der Waals surface area contributed by atoms with Crippen LogP contribution in [0.25, 0.3) is 11.4 Å². The lowest BCUT2D eigenvalue weighted by Gasteiger charge is -2.32. The number of furan rings is 1. The minimum Gasteiger partial charge on any atom is -0.493 e. The maximum atomic E-state index is 14.3. The Morgan fingerprint density at radius 3 is 2.33 bits per heavy atom. The Morgan fingerprint density at radius 1 is 1.00 bits per heavy atom. The van der Waals surface area contributed by atoms with Gasteiger partial charge in [0.25, 0.3) is 11.8 Å². The first-order chi connectivity index (χ1) is 21.6. The van der Waals surface area contributed by atoms with Crippen LogP contribution in [0.4, 0.5) is 5.69 Å². The number of carbonyl (C=O) groups excluding carboxylic acids is 2. The van der Waals surface area contributed by atoms with E-state index in [1.54, 1.807) is 44.6 Å². The summed E-state index contributed by atoms with van der Waals surface area (Å²) in [5.74, 6) is 2.13. The van der Waals surface area contributed by atoms with E-state index < -0.39 is 17.5 Å². The van der Waals surface area contributed by atoms with Crippen LogP contribution >= 0.6 is 0 Å². The van der Waals surface area contributed by atoms with E-state index in [1.165, 1.54) is 34.5 Å². The summed E-state index contributed by atoms with van der Waals surface area (Å²) in [6.07, 6.45) is 6.03. The van der Waals surface area contributed by atoms with E-state index >= 15 is 0 Å². The molecule has 1 saturated carbocycles. The van der Waals surface area contributed by atoms with Gasteiger partial charge in [0.05, 0.1) is 14.2 Å². The lowest BCUT2D eigenvalue weighted by molar-refractivity contribution is -0.128. The first-order valence-electron chi connectivity index (χ1n) is 15.4. The highest BCUT2D eigenvalue weighted by atomic mass is 16.5. The van der Waals surface area contributed by atoms with Crippen molar-refractivity contribution in [3.8, 4) is 22.9 Å². The van der Waals surface area contributed by atoms with Crippen molar-refractivity contribution in [2.45, 2.75) is 83.8 Å². The molecule has 45 heavy (non-hydrogen) atoms. The summed E-state index contributed by atoms with van der Waals surface area (Å²) in [5.41, 5.74) is 1.92. The molecule has 0 saturated heterocycles. The molecule has 2 amide bonds. The highest BCUT2D eigenvalue weighted by molar-refractivity contribution is 6.01. The SMILES string of the molecule is COc1ccc(-c2nnn(CC(=O)N(c3ccc(C4CCCCC4)cc3)C(C(=O)NC(C)(C)C)c3ccc(C)o3)n2)cc1OC. The third kappa shape index (κ3) is 7.53. The van der Waals surface area contributed by atoms with Gasteiger partial charge in [0.2, 0.25) is 5.82 Å². The molecule has 0 spiro atoms. The number of hydrogen-bond acceptors (Lipinski definition) is 8. The van der Waals surface area contributed by atoms with E-state index in [2.05, 4.69) is 32.9 Å². The molecule has 1 unspecified atom stereocenters. The number of nitrogens with zero attached hydrogens (tertiary/aromatic N) is 5. The van der Waals surface area contributed by atoms with Crippen molar-refractivity contribution in [3.63, 3.8) is 0 Å². The van der Waals surface area contributed by atoms with Gasteiger partial charge in [-0.15, -0.1) is 10.2 Å². The predicted octanol–water partition coefficient (Wildman–Crippen LogP) is 6.00. The highest BCUT2D eigenvalue weighted by Crippen LogP contribution is 2.36. The third-order valence-electron chi connectivity index (χ3n) is 7.92. The Balaban J connectivity index is 1.50. The fourth-order valence-corrected chi connectivity index (χ4v) is 5.79. The second-order valence-electron chi connectivity index (χ2n) is 12.5. The van der Waals surface area contributed by atoms with Crippen LogP contribution in [0, 0.1) is 6.92 Å². The Kier molecular flexibility index (Phi) is 9.55. The number of aryl methyl sites for hydroxylation is 1. The lowest BCUT2D eigenvalue weighted by atomic mass is 9.84. The number of tetrazole rings is 1. The molecule has 4 aromatic rings. The minimum absolute atomic E-state index is 0.260. The molecular weight excluding hydrogens is 572 g/mol. The van der Waals surface area contributed by atoms with Crippen molar-refractivity contribution in [2.24, 2.45) is 0 Å². The average molecular weight is 615 g/mol.